The number of benzene rings is 1. The van der Waals surface area contributed by atoms with Crippen molar-refractivity contribution in [2.24, 2.45) is 11.7 Å². The fourth-order valence-corrected chi connectivity index (χ4v) is 3.34. The molecule has 0 unspecified atom stereocenters. The van der Waals surface area contributed by atoms with Crippen molar-refractivity contribution in [3.8, 4) is 11.5 Å². The number of fused-ring (bicyclic) bond motifs is 1. The lowest BCUT2D eigenvalue weighted by molar-refractivity contribution is -0.121. The summed E-state index contributed by atoms with van der Waals surface area (Å²) in [4.78, 5) is 14.1. The lowest BCUT2D eigenvalue weighted by Crippen LogP contribution is -2.40. The van der Waals surface area contributed by atoms with Gasteiger partial charge in [0.15, 0.2) is 6.61 Å². The third kappa shape index (κ3) is 3.19. The van der Waals surface area contributed by atoms with E-state index in [4.69, 9.17) is 15.2 Å². The molecule has 5 nitrogen and oxygen atoms in total. The Morgan fingerprint density at radius 1 is 1.32 bits per heavy atom. The molecule has 0 radical (unpaired) electrons. The van der Waals surface area contributed by atoms with Gasteiger partial charge in [-0.05, 0) is 50.2 Å². The van der Waals surface area contributed by atoms with Crippen molar-refractivity contribution in [2.45, 2.75) is 38.1 Å². The number of rotatable bonds is 4. The first-order chi connectivity index (χ1) is 10.7. The van der Waals surface area contributed by atoms with Gasteiger partial charge < -0.3 is 20.1 Å². The second kappa shape index (κ2) is 6.57. The minimum absolute atomic E-state index is 0.0215. The first-order valence-electron chi connectivity index (χ1n) is 8.04. The van der Waals surface area contributed by atoms with Gasteiger partial charge in [0, 0.05) is 18.7 Å². The molecule has 22 heavy (non-hydrogen) atoms. The topological polar surface area (TPSA) is 64.8 Å². The molecule has 0 spiro atoms. The maximum atomic E-state index is 12.2. The molecule has 0 bridgehead atoms. The summed E-state index contributed by atoms with van der Waals surface area (Å²) in [7, 11) is 1.63. The Bertz CT molecular complexity index is 539. The Kier molecular flexibility index (Phi) is 4.52. The Morgan fingerprint density at radius 2 is 2.09 bits per heavy atom. The number of methoxy groups -OCH3 is 1. The summed E-state index contributed by atoms with van der Waals surface area (Å²) in [5.74, 6) is 2.19. The number of carbonyl (C=O) groups is 1. The van der Waals surface area contributed by atoms with E-state index in [2.05, 4.69) is 0 Å². The van der Waals surface area contributed by atoms with Crippen molar-refractivity contribution in [3.05, 3.63) is 18.2 Å². The largest absolute Gasteiger partial charge is 0.497 e. The van der Waals surface area contributed by atoms with Crippen LogP contribution < -0.4 is 20.1 Å². The van der Waals surface area contributed by atoms with Gasteiger partial charge in [0.05, 0.1) is 12.8 Å². The monoisotopic (exact) mass is 304 g/mol. The van der Waals surface area contributed by atoms with E-state index in [0.717, 1.165) is 43.0 Å². The zero-order chi connectivity index (χ0) is 15.5. The Hall–Kier alpha value is -1.75. The van der Waals surface area contributed by atoms with Crippen LogP contribution in [0.2, 0.25) is 0 Å². The minimum atomic E-state index is 0.0215. The highest BCUT2D eigenvalue weighted by molar-refractivity contribution is 5.98. The van der Waals surface area contributed by atoms with Gasteiger partial charge in [-0.15, -0.1) is 0 Å². The van der Waals surface area contributed by atoms with E-state index in [1.54, 1.807) is 7.11 Å². The number of amides is 1. The van der Waals surface area contributed by atoms with Gasteiger partial charge in [-0.3, -0.25) is 4.79 Å². The predicted octanol–water partition coefficient (Wildman–Crippen LogP) is 2.33. The van der Waals surface area contributed by atoms with Gasteiger partial charge in [0.25, 0.3) is 5.91 Å². The van der Waals surface area contributed by atoms with Gasteiger partial charge >= 0.3 is 0 Å². The molecule has 120 valence electrons. The number of anilines is 1. The fraction of sp³-hybridized carbons (Fsp3) is 0.588. The molecular weight excluding hydrogens is 280 g/mol. The summed E-state index contributed by atoms with van der Waals surface area (Å²) in [6.07, 6.45) is 5.57. The van der Waals surface area contributed by atoms with Gasteiger partial charge in [-0.1, -0.05) is 0 Å². The average molecular weight is 304 g/mol. The zero-order valence-corrected chi connectivity index (χ0v) is 13.1. The molecule has 2 aliphatic rings. The molecule has 5 heteroatoms. The van der Waals surface area contributed by atoms with Crippen molar-refractivity contribution >= 4 is 11.6 Å². The molecule has 1 amide bonds. The van der Waals surface area contributed by atoms with Gasteiger partial charge in [0.1, 0.15) is 11.5 Å². The second-order valence-corrected chi connectivity index (χ2v) is 6.24. The maximum absolute atomic E-state index is 12.2. The number of nitrogens with zero attached hydrogens (tertiary/aromatic N) is 1. The molecule has 2 N–H and O–H groups in total. The van der Waals surface area contributed by atoms with Crippen molar-refractivity contribution in [1.82, 2.24) is 0 Å². The van der Waals surface area contributed by atoms with Crippen molar-refractivity contribution < 1.29 is 14.3 Å². The molecule has 1 aromatic carbocycles. The summed E-state index contributed by atoms with van der Waals surface area (Å²) in [6.45, 7) is 0.858. The molecule has 1 aliphatic carbocycles. The predicted molar refractivity (Wildman–Crippen MR) is 85.4 cm³/mol. The Balaban J connectivity index is 1.69. The molecule has 0 aromatic heterocycles. The normalized spacial score (nSPS) is 24.6. The smallest absolute Gasteiger partial charge is 0.265 e. The summed E-state index contributed by atoms with van der Waals surface area (Å²) < 4.78 is 10.8. The fourth-order valence-electron chi connectivity index (χ4n) is 3.34. The van der Waals surface area contributed by atoms with E-state index in [0.29, 0.717) is 12.0 Å². The summed E-state index contributed by atoms with van der Waals surface area (Å²) in [5.41, 5.74) is 6.78. The number of carbonyl (C=O) groups excluding carboxylic acids is 1. The van der Waals surface area contributed by atoms with Crippen molar-refractivity contribution in [3.63, 3.8) is 0 Å². The van der Waals surface area contributed by atoms with Gasteiger partial charge in [-0.25, -0.2) is 0 Å². The SMILES string of the molecule is COc1ccc2c(c1)N(CC[C@H]1CC[C@H](N)CC1)C(=O)CO2. The highest BCUT2D eigenvalue weighted by Gasteiger charge is 2.27. The standard InChI is InChI=1S/C17H24N2O3/c1-21-14-6-7-16-15(10-14)19(17(20)11-22-16)9-8-12-2-4-13(18)5-3-12/h6-7,10,12-13H,2-5,8-9,11,18H2,1H3/t12-,13-. The summed E-state index contributed by atoms with van der Waals surface area (Å²) in [5, 5.41) is 0. The van der Waals surface area contributed by atoms with Crippen LogP contribution in [-0.4, -0.2) is 32.2 Å². The van der Waals surface area contributed by atoms with Crippen LogP contribution in [-0.2, 0) is 4.79 Å². The molecule has 0 saturated heterocycles. The van der Waals surface area contributed by atoms with Crippen LogP contribution >= 0.6 is 0 Å². The van der Waals surface area contributed by atoms with E-state index in [1.807, 2.05) is 23.1 Å². The van der Waals surface area contributed by atoms with E-state index < -0.39 is 0 Å². The molecule has 1 fully saturated rings. The molecule has 1 aromatic rings. The third-order valence-corrected chi connectivity index (χ3v) is 4.76. The van der Waals surface area contributed by atoms with Gasteiger partial charge in [-0.2, -0.15) is 0 Å². The first-order valence-corrected chi connectivity index (χ1v) is 8.04. The number of hydrogen-bond acceptors (Lipinski definition) is 4. The molecule has 1 saturated carbocycles. The average Bonchev–Trinajstić information content (AvgIpc) is 2.55. The van der Waals surface area contributed by atoms with Crippen LogP contribution in [0.5, 0.6) is 11.5 Å². The summed E-state index contributed by atoms with van der Waals surface area (Å²) in [6, 6.07) is 5.97. The molecule has 3 rings (SSSR count). The van der Waals surface area contributed by atoms with Gasteiger partial charge in [0.2, 0.25) is 0 Å². The van der Waals surface area contributed by atoms with Crippen LogP contribution in [0.1, 0.15) is 32.1 Å². The third-order valence-electron chi connectivity index (χ3n) is 4.76. The minimum Gasteiger partial charge on any atom is -0.497 e. The van der Waals surface area contributed by atoms with Crippen molar-refractivity contribution in [2.75, 3.05) is 25.2 Å². The Morgan fingerprint density at radius 3 is 2.82 bits per heavy atom. The highest BCUT2D eigenvalue weighted by Crippen LogP contribution is 2.36. The molecule has 1 heterocycles. The molecular formula is C17H24N2O3. The number of ether oxygens (including phenoxy) is 2. The molecule has 1 aliphatic heterocycles. The Labute approximate surface area is 131 Å². The van der Waals surface area contributed by atoms with Crippen LogP contribution in [0.4, 0.5) is 5.69 Å². The highest BCUT2D eigenvalue weighted by atomic mass is 16.5. The van der Waals surface area contributed by atoms with Crippen LogP contribution in [0, 0.1) is 5.92 Å². The van der Waals surface area contributed by atoms with Crippen molar-refractivity contribution in [1.29, 1.82) is 0 Å². The van der Waals surface area contributed by atoms with E-state index in [9.17, 15) is 4.79 Å². The van der Waals surface area contributed by atoms with E-state index in [1.165, 1.54) is 12.8 Å². The van der Waals surface area contributed by atoms with E-state index >= 15 is 0 Å². The van der Waals surface area contributed by atoms with E-state index in [-0.39, 0.29) is 12.5 Å². The lowest BCUT2D eigenvalue weighted by Gasteiger charge is -2.32. The first kappa shape index (κ1) is 15.2. The zero-order valence-electron chi connectivity index (χ0n) is 13.1. The quantitative estimate of drug-likeness (QED) is 0.927. The lowest BCUT2D eigenvalue weighted by atomic mass is 9.84. The molecule has 0 atom stereocenters. The second-order valence-electron chi connectivity index (χ2n) is 6.24. The number of hydrogen-bond donors (Lipinski definition) is 1. The van der Waals surface area contributed by atoms with Crippen LogP contribution in [0.25, 0.3) is 0 Å². The maximum Gasteiger partial charge on any atom is 0.265 e. The summed E-state index contributed by atoms with van der Waals surface area (Å²) >= 11 is 0. The van der Waals surface area contributed by atoms with Crippen LogP contribution in [0.3, 0.4) is 0 Å². The van der Waals surface area contributed by atoms with Crippen LogP contribution in [0.15, 0.2) is 18.2 Å². The number of nitrogens with two attached hydrogens (primary N) is 1.